The van der Waals surface area contributed by atoms with Crippen LogP contribution in [-0.4, -0.2) is 43.1 Å². The van der Waals surface area contributed by atoms with Crippen molar-refractivity contribution in [1.82, 2.24) is 4.90 Å². The van der Waals surface area contributed by atoms with Gasteiger partial charge in [-0.25, -0.2) is 4.79 Å². The Morgan fingerprint density at radius 3 is 2.52 bits per heavy atom. The van der Waals surface area contributed by atoms with Crippen molar-refractivity contribution in [2.45, 2.75) is 6.92 Å². The van der Waals surface area contributed by atoms with E-state index in [1.165, 1.54) is 4.90 Å². The van der Waals surface area contributed by atoms with Gasteiger partial charge in [-0.3, -0.25) is 9.69 Å². The van der Waals surface area contributed by atoms with Crippen molar-refractivity contribution < 1.29 is 14.3 Å². The van der Waals surface area contributed by atoms with Crippen LogP contribution in [0.4, 0.5) is 16.2 Å². The average molecular weight is 408 g/mol. The quantitative estimate of drug-likeness (QED) is 0.777. The van der Waals surface area contributed by atoms with E-state index in [0.29, 0.717) is 35.4 Å². The second kappa shape index (κ2) is 8.50. The molecule has 6 nitrogen and oxygen atoms in total. The van der Waals surface area contributed by atoms with Crippen LogP contribution in [0.2, 0.25) is 10.0 Å². The number of anilines is 2. The number of nitrogens with zero attached hydrogens (tertiary/aromatic N) is 2. The van der Waals surface area contributed by atoms with E-state index < -0.39 is 0 Å². The molecule has 27 heavy (non-hydrogen) atoms. The van der Waals surface area contributed by atoms with E-state index in [9.17, 15) is 9.59 Å². The average Bonchev–Trinajstić information content (AvgIpc) is 3.00. The third kappa shape index (κ3) is 4.64. The molecule has 1 saturated heterocycles. The van der Waals surface area contributed by atoms with Gasteiger partial charge in [0.05, 0.1) is 16.7 Å². The molecule has 2 aromatic carbocycles. The van der Waals surface area contributed by atoms with Crippen molar-refractivity contribution in [3.05, 3.63) is 52.5 Å². The molecular weight excluding hydrogens is 389 g/mol. The van der Waals surface area contributed by atoms with Crippen LogP contribution in [0.15, 0.2) is 42.5 Å². The lowest BCUT2D eigenvalue weighted by Gasteiger charge is -2.19. The maximum absolute atomic E-state index is 12.6. The first-order valence-electron chi connectivity index (χ1n) is 8.52. The fourth-order valence-electron chi connectivity index (χ4n) is 2.81. The molecule has 0 bridgehead atoms. The summed E-state index contributed by atoms with van der Waals surface area (Å²) in [7, 11) is 0. The van der Waals surface area contributed by atoms with Gasteiger partial charge in [0.2, 0.25) is 5.91 Å². The summed E-state index contributed by atoms with van der Waals surface area (Å²) in [4.78, 5) is 28.0. The standard InChI is InChI=1S/C19H19Cl2N3O3/c1-2-27-15-6-4-14(5-7-15)24-10-9-23(19(24)26)12-18(25)22-13-3-8-16(20)17(21)11-13/h3-8,11H,2,9-10,12H2,1H3,(H,22,25). The molecule has 1 fully saturated rings. The van der Waals surface area contributed by atoms with Crippen LogP contribution in [0.25, 0.3) is 0 Å². The molecule has 0 radical (unpaired) electrons. The molecule has 142 valence electrons. The molecule has 1 aliphatic heterocycles. The molecule has 1 N–H and O–H groups in total. The Kier molecular flexibility index (Phi) is 6.08. The van der Waals surface area contributed by atoms with E-state index in [4.69, 9.17) is 27.9 Å². The SMILES string of the molecule is CCOc1ccc(N2CCN(CC(=O)Nc3ccc(Cl)c(Cl)c3)C2=O)cc1. The van der Waals surface area contributed by atoms with Crippen molar-refractivity contribution in [2.75, 3.05) is 36.5 Å². The molecular formula is C19H19Cl2N3O3. The number of nitrogens with one attached hydrogen (secondary N) is 1. The molecule has 0 aromatic heterocycles. The predicted molar refractivity (Wildman–Crippen MR) is 107 cm³/mol. The number of carbonyl (C=O) groups excluding carboxylic acids is 2. The highest BCUT2D eigenvalue weighted by Gasteiger charge is 2.30. The Bertz CT molecular complexity index is 843. The largest absolute Gasteiger partial charge is 0.494 e. The zero-order chi connectivity index (χ0) is 19.4. The number of rotatable bonds is 6. The third-order valence-electron chi connectivity index (χ3n) is 4.09. The highest BCUT2D eigenvalue weighted by atomic mass is 35.5. The van der Waals surface area contributed by atoms with Crippen LogP contribution in [0, 0.1) is 0 Å². The number of ether oxygens (including phenoxy) is 1. The van der Waals surface area contributed by atoms with E-state index in [2.05, 4.69) is 5.32 Å². The maximum atomic E-state index is 12.6. The van der Waals surface area contributed by atoms with Gasteiger partial charge in [-0.1, -0.05) is 23.2 Å². The molecule has 0 unspecified atom stereocenters. The normalized spacial score (nSPS) is 13.8. The van der Waals surface area contributed by atoms with Gasteiger partial charge in [0.15, 0.2) is 0 Å². The Morgan fingerprint density at radius 1 is 1.11 bits per heavy atom. The zero-order valence-electron chi connectivity index (χ0n) is 14.7. The smallest absolute Gasteiger partial charge is 0.325 e. The van der Waals surface area contributed by atoms with Gasteiger partial charge in [0, 0.05) is 24.5 Å². The van der Waals surface area contributed by atoms with Crippen LogP contribution in [0.5, 0.6) is 5.75 Å². The Balaban J connectivity index is 1.59. The summed E-state index contributed by atoms with van der Waals surface area (Å²) < 4.78 is 5.41. The van der Waals surface area contributed by atoms with Gasteiger partial charge >= 0.3 is 6.03 Å². The Labute approximate surface area is 167 Å². The number of hydrogen-bond donors (Lipinski definition) is 1. The molecule has 0 aliphatic carbocycles. The van der Waals surface area contributed by atoms with Crippen LogP contribution >= 0.6 is 23.2 Å². The summed E-state index contributed by atoms with van der Waals surface area (Å²) in [6, 6.07) is 11.9. The molecule has 1 aliphatic rings. The molecule has 0 atom stereocenters. The molecule has 8 heteroatoms. The number of carbonyl (C=O) groups is 2. The highest BCUT2D eigenvalue weighted by Crippen LogP contribution is 2.26. The van der Waals surface area contributed by atoms with E-state index in [0.717, 1.165) is 11.4 Å². The summed E-state index contributed by atoms with van der Waals surface area (Å²) in [5.74, 6) is 0.459. The van der Waals surface area contributed by atoms with Crippen molar-refractivity contribution >= 4 is 46.5 Å². The van der Waals surface area contributed by atoms with Crippen molar-refractivity contribution in [3.8, 4) is 5.75 Å². The Hall–Kier alpha value is -2.44. The van der Waals surface area contributed by atoms with Crippen molar-refractivity contribution in [2.24, 2.45) is 0 Å². The third-order valence-corrected chi connectivity index (χ3v) is 4.83. The summed E-state index contributed by atoms with van der Waals surface area (Å²) in [5.41, 5.74) is 1.31. The van der Waals surface area contributed by atoms with E-state index in [-0.39, 0.29) is 18.5 Å². The second-order valence-electron chi connectivity index (χ2n) is 5.96. The molecule has 3 amide bonds. The lowest BCUT2D eigenvalue weighted by molar-refractivity contribution is -0.116. The topological polar surface area (TPSA) is 61.9 Å². The fraction of sp³-hybridized carbons (Fsp3) is 0.263. The molecule has 3 rings (SSSR count). The van der Waals surface area contributed by atoms with Crippen molar-refractivity contribution in [1.29, 1.82) is 0 Å². The molecule has 2 aromatic rings. The van der Waals surface area contributed by atoms with E-state index in [1.807, 2.05) is 31.2 Å². The van der Waals surface area contributed by atoms with E-state index >= 15 is 0 Å². The van der Waals surface area contributed by atoms with Gasteiger partial charge < -0.3 is 15.0 Å². The van der Waals surface area contributed by atoms with E-state index in [1.54, 1.807) is 23.1 Å². The van der Waals surface area contributed by atoms with Crippen LogP contribution in [0.1, 0.15) is 6.92 Å². The predicted octanol–water partition coefficient (Wildman–Crippen LogP) is 4.27. The summed E-state index contributed by atoms with van der Waals surface area (Å²) in [5, 5.41) is 3.49. The monoisotopic (exact) mass is 407 g/mol. The number of halogens is 2. The number of benzene rings is 2. The minimum Gasteiger partial charge on any atom is -0.494 e. The zero-order valence-corrected chi connectivity index (χ0v) is 16.3. The molecule has 0 spiro atoms. The first-order valence-corrected chi connectivity index (χ1v) is 9.27. The summed E-state index contributed by atoms with van der Waals surface area (Å²) in [6.07, 6.45) is 0. The first-order chi connectivity index (χ1) is 13.0. The number of hydrogen-bond acceptors (Lipinski definition) is 3. The summed E-state index contributed by atoms with van der Waals surface area (Å²) in [6.45, 7) is 3.46. The first kappa shape index (κ1) is 19.3. The highest BCUT2D eigenvalue weighted by molar-refractivity contribution is 6.42. The van der Waals surface area contributed by atoms with Gasteiger partial charge in [-0.2, -0.15) is 0 Å². The lowest BCUT2D eigenvalue weighted by Crippen LogP contribution is -2.37. The van der Waals surface area contributed by atoms with Crippen molar-refractivity contribution in [3.63, 3.8) is 0 Å². The van der Waals surface area contributed by atoms with Crippen LogP contribution < -0.4 is 15.0 Å². The lowest BCUT2D eigenvalue weighted by atomic mass is 10.3. The van der Waals surface area contributed by atoms with Crippen LogP contribution in [-0.2, 0) is 4.79 Å². The minimum absolute atomic E-state index is 0.0351. The van der Waals surface area contributed by atoms with Gasteiger partial charge in [-0.05, 0) is 49.4 Å². The molecule has 0 saturated carbocycles. The van der Waals surface area contributed by atoms with Gasteiger partial charge in [0.25, 0.3) is 0 Å². The molecule has 1 heterocycles. The van der Waals surface area contributed by atoms with Gasteiger partial charge in [-0.15, -0.1) is 0 Å². The Morgan fingerprint density at radius 2 is 1.85 bits per heavy atom. The summed E-state index contributed by atoms with van der Waals surface area (Å²) >= 11 is 11.8. The number of amides is 3. The second-order valence-corrected chi connectivity index (χ2v) is 6.77. The van der Waals surface area contributed by atoms with Crippen LogP contribution in [0.3, 0.4) is 0 Å². The maximum Gasteiger partial charge on any atom is 0.325 e. The van der Waals surface area contributed by atoms with Gasteiger partial charge in [0.1, 0.15) is 12.3 Å². The minimum atomic E-state index is -0.296. The fourth-order valence-corrected chi connectivity index (χ4v) is 3.10. The number of urea groups is 1.